The molecule has 0 atom stereocenters. The lowest BCUT2D eigenvalue weighted by molar-refractivity contribution is 0.956. The molecule has 0 aliphatic carbocycles. The van der Waals surface area contributed by atoms with E-state index in [1.807, 2.05) is 5.38 Å². The molecular formula is C13H13ClN2S. The molecule has 0 saturated carbocycles. The Morgan fingerprint density at radius 2 is 2.35 bits per heavy atom. The Morgan fingerprint density at radius 3 is 3.12 bits per heavy atom. The molecule has 0 radical (unpaired) electrons. The standard InChI is InChI=1S/C13H13ClN2S/c1-16-5-4-9-6-10(2-3-12(9)16)13-15-11(7-14)8-17-13/h2-3,6,8H,4-5,7H2,1H3. The van der Waals surface area contributed by atoms with Crippen molar-refractivity contribution in [3.8, 4) is 10.6 Å². The number of nitrogens with zero attached hydrogens (tertiary/aromatic N) is 2. The number of hydrogen-bond donors (Lipinski definition) is 0. The van der Waals surface area contributed by atoms with Gasteiger partial charge in [-0.25, -0.2) is 4.98 Å². The van der Waals surface area contributed by atoms with Crippen LogP contribution in [0.15, 0.2) is 23.6 Å². The SMILES string of the molecule is CN1CCc2cc(-c3nc(CCl)cs3)ccc21. The molecule has 0 bridgehead atoms. The van der Waals surface area contributed by atoms with Crippen LogP contribution in [0.5, 0.6) is 0 Å². The first kappa shape index (κ1) is 11.1. The van der Waals surface area contributed by atoms with Crippen LogP contribution < -0.4 is 4.90 Å². The summed E-state index contributed by atoms with van der Waals surface area (Å²) in [5, 5.41) is 3.10. The molecule has 2 aromatic rings. The van der Waals surface area contributed by atoms with Crippen molar-refractivity contribution in [2.75, 3.05) is 18.5 Å². The van der Waals surface area contributed by atoms with Crippen LogP contribution in [-0.4, -0.2) is 18.6 Å². The number of halogens is 1. The molecule has 17 heavy (non-hydrogen) atoms. The first-order valence-electron chi connectivity index (χ1n) is 5.63. The van der Waals surface area contributed by atoms with E-state index in [1.165, 1.54) is 16.8 Å². The molecule has 1 aromatic heterocycles. The molecule has 0 unspecified atom stereocenters. The zero-order valence-electron chi connectivity index (χ0n) is 9.61. The average Bonchev–Trinajstić information content (AvgIpc) is 2.96. The second kappa shape index (κ2) is 4.31. The molecule has 1 aromatic carbocycles. The van der Waals surface area contributed by atoms with Gasteiger partial charge in [0, 0.05) is 30.2 Å². The van der Waals surface area contributed by atoms with E-state index in [-0.39, 0.29) is 0 Å². The third kappa shape index (κ3) is 1.94. The topological polar surface area (TPSA) is 16.1 Å². The minimum Gasteiger partial charge on any atom is -0.374 e. The van der Waals surface area contributed by atoms with Gasteiger partial charge in [-0.3, -0.25) is 0 Å². The Morgan fingerprint density at radius 1 is 1.47 bits per heavy atom. The van der Waals surface area contributed by atoms with E-state index < -0.39 is 0 Å². The number of aromatic nitrogens is 1. The quantitative estimate of drug-likeness (QED) is 0.772. The maximum Gasteiger partial charge on any atom is 0.123 e. The Hall–Kier alpha value is -1.06. The van der Waals surface area contributed by atoms with Gasteiger partial charge in [0.25, 0.3) is 0 Å². The second-order valence-electron chi connectivity index (χ2n) is 4.29. The van der Waals surface area contributed by atoms with Gasteiger partial charge in [0.15, 0.2) is 0 Å². The molecule has 0 saturated heterocycles. The highest BCUT2D eigenvalue weighted by atomic mass is 35.5. The van der Waals surface area contributed by atoms with E-state index >= 15 is 0 Å². The number of thiazole rings is 1. The van der Waals surface area contributed by atoms with E-state index in [0.717, 1.165) is 23.7 Å². The molecule has 4 heteroatoms. The lowest BCUT2D eigenvalue weighted by Crippen LogP contribution is -2.12. The van der Waals surface area contributed by atoms with Crippen LogP contribution in [0.25, 0.3) is 10.6 Å². The van der Waals surface area contributed by atoms with Gasteiger partial charge >= 0.3 is 0 Å². The van der Waals surface area contributed by atoms with Gasteiger partial charge in [0.2, 0.25) is 0 Å². The van der Waals surface area contributed by atoms with Crippen molar-refractivity contribution in [3.63, 3.8) is 0 Å². The molecule has 2 nitrogen and oxygen atoms in total. The molecule has 0 amide bonds. The summed E-state index contributed by atoms with van der Waals surface area (Å²) in [6.45, 7) is 1.11. The molecule has 0 fully saturated rings. The van der Waals surface area contributed by atoms with Crippen molar-refractivity contribution in [1.29, 1.82) is 0 Å². The molecule has 1 aliphatic rings. The second-order valence-corrected chi connectivity index (χ2v) is 5.42. The largest absolute Gasteiger partial charge is 0.374 e. The minimum atomic E-state index is 0.490. The summed E-state index contributed by atoms with van der Waals surface area (Å²) in [5.74, 6) is 0.490. The number of anilines is 1. The van der Waals surface area contributed by atoms with Crippen LogP contribution >= 0.6 is 22.9 Å². The van der Waals surface area contributed by atoms with Crippen LogP contribution in [0, 0.1) is 0 Å². The zero-order chi connectivity index (χ0) is 11.8. The Kier molecular flexibility index (Phi) is 2.81. The molecular weight excluding hydrogens is 252 g/mol. The Labute approximate surface area is 110 Å². The predicted molar refractivity (Wildman–Crippen MR) is 74.1 cm³/mol. The maximum absolute atomic E-state index is 5.78. The smallest absolute Gasteiger partial charge is 0.123 e. The van der Waals surface area contributed by atoms with E-state index in [1.54, 1.807) is 11.3 Å². The normalized spacial score (nSPS) is 14.1. The summed E-state index contributed by atoms with van der Waals surface area (Å²) in [4.78, 5) is 6.81. The first-order chi connectivity index (χ1) is 8.28. The van der Waals surface area contributed by atoms with Crippen molar-refractivity contribution in [3.05, 3.63) is 34.8 Å². The van der Waals surface area contributed by atoms with Gasteiger partial charge in [-0.1, -0.05) is 0 Å². The molecule has 0 spiro atoms. The van der Waals surface area contributed by atoms with Crippen LogP contribution in [0.3, 0.4) is 0 Å². The lowest BCUT2D eigenvalue weighted by atomic mass is 10.1. The Bertz CT molecular complexity index is 550. The van der Waals surface area contributed by atoms with Crippen molar-refractivity contribution >= 4 is 28.6 Å². The monoisotopic (exact) mass is 264 g/mol. The van der Waals surface area contributed by atoms with Crippen molar-refractivity contribution in [2.24, 2.45) is 0 Å². The van der Waals surface area contributed by atoms with Gasteiger partial charge in [-0.2, -0.15) is 0 Å². The summed E-state index contributed by atoms with van der Waals surface area (Å²) in [7, 11) is 2.14. The van der Waals surface area contributed by atoms with Gasteiger partial charge < -0.3 is 4.90 Å². The van der Waals surface area contributed by atoms with Gasteiger partial charge in [0.05, 0.1) is 11.6 Å². The number of likely N-dealkylation sites (N-methyl/N-ethyl adjacent to an activating group) is 1. The summed E-state index contributed by atoms with van der Waals surface area (Å²) in [6, 6.07) is 6.60. The number of fused-ring (bicyclic) bond motifs is 1. The van der Waals surface area contributed by atoms with E-state index in [0.29, 0.717) is 5.88 Å². The first-order valence-corrected chi connectivity index (χ1v) is 7.04. The number of rotatable bonds is 2. The number of benzene rings is 1. The third-order valence-corrected chi connectivity index (χ3v) is 4.36. The zero-order valence-corrected chi connectivity index (χ0v) is 11.2. The molecule has 3 rings (SSSR count). The summed E-state index contributed by atoms with van der Waals surface area (Å²) < 4.78 is 0. The van der Waals surface area contributed by atoms with Crippen molar-refractivity contribution < 1.29 is 0 Å². The number of hydrogen-bond acceptors (Lipinski definition) is 3. The number of alkyl halides is 1. The minimum absolute atomic E-state index is 0.490. The van der Waals surface area contributed by atoms with Gasteiger partial charge in [-0.15, -0.1) is 22.9 Å². The van der Waals surface area contributed by atoms with E-state index in [2.05, 4.69) is 35.1 Å². The van der Waals surface area contributed by atoms with Crippen molar-refractivity contribution in [2.45, 2.75) is 12.3 Å². The maximum atomic E-state index is 5.78. The van der Waals surface area contributed by atoms with Crippen LogP contribution in [-0.2, 0) is 12.3 Å². The van der Waals surface area contributed by atoms with E-state index in [9.17, 15) is 0 Å². The van der Waals surface area contributed by atoms with Crippen LogP contribution in [0.1, 0.15) is 11.3 Å². The van der Waals surface area contributed by atoms with Gasteiger partial charge in [0.1, 0.15) is 5.01 Å². The fourth-order valence-electron chi connectivity index (χ4n) is 2.20. The van der Waals surface area contributed by atoms with E-state index in [4.69, 9.17) is 11.6 Å². The summed E-state index contributed by atoms with van der Waals surface area (Å²) in [6.07, 6.45) is 1.13. The molecule has 0 N–H and O–H groups in total. The highest BCUT2D eigenvalue weighted by Gasteiger charge is 2.16. The molecule has 2 heterocycles. The highest BCUT2D eigenvalue weighted by molar-refractivity contribution is 7.13. The Balaban J connectivity index is 1.99. The fraction of sp³-hybridized carbons (Fsp3) is 0.308. The average molecular weight is 265 g/mol. The summed E-state index contributed by atoms with van der Waals surface area (Å²) >= 11 is 7.44. The van der Waals surface area contributed by atoms with Crippen LogP contribution in [0.2, 0.25) is 0 Å². The highest BCUT2D eigenvalue weighted by Crippen LogP contribution is 2.32. The summed E-state index contributed by atoms with van der Waals surface area (Å²) in [5.41, 5.74) is 4.94. The molecule has 1 aliphatic heterocycles. The van der Waals surface area contributed by atoms with Crippen molar-refractivity contribution in [1.82, 2.24) is 4.98 Å². The van der Waals surface area contributed by atoms with Crippen LogP contribution in [0.4, 0.5) is 5.69 Å². The fourth-order valence-corrected chi connectivity index (χ4v) is 3.25. The third-order valence-electron chi connectivity index (χ3n) is 3.14. The van der Waals surface area contributed by atoms with Gasteiger partial charge in [-0.05, 0) is 30.2 Å². The lowest BCUT2D eigenvalue weighted by Gasteiger charge is -2.11. The molecule has 88 valence electrons. The predicted octanol–water partition coefficient (Wildman–Crippen LogP) is 3.54.